The monoisotopic (exact) mass is 397 g/mol. The molecule has 28 heavy (non-hydrogen) atoms. The summed E-state index contributed by atoms with van der Waals surface area (Å²) in [6.07, 6.45) is 9.63. The molecule has 0 spiro atoms. The second-order valence-corrected chi connectivity index (χ2v) is 7.38. The van der Waals surface area contributed by atoms with Crippen LogP contribution in [0, 0.1) is 5.92 Å². The molecular formula is C20H35N3O5. The molecule has 160 valence electrons. The Hall–Kier alpha value is -2.12. The van der Waals surface area contributed by atoms with Crippen molar-refractivity contribution in [3.63, 3.8) is 0 Å². The van der Waals surface area contributed by atoms with Crippen LogP contribution < -0.4 is 10.6 Å². The number of ether oxygens (including phenoxy) is 1. The number of carbonyl (C=O) groups excluding carboxylic acids is 4. The smallest absolute Gasteiger partial charge is 0.325 e. The van der Waals surface area contributed by atoms with E-state index in [1.54, 1.807) is 0 Å². The zero-order valence-electron chi connectivity index (χ0n) is 17.2. The Morgan fingerprint density at radius 3 is 2.54 bits per heavy atom. The topological polar surface area (TPSA) is 105 Å². The minimum absolute atomic E-state index is 0.133. The summed E-state index contributed by atoms with van der Waals surface area (Å²) in [4.78, 5) is 48.9. The van der Waals surface area contributed by atoms with Crippen LogP contribution in [-0.4, -0.2) is 61.9 Å². The highest BCUT2D eigenvalue weighted by Crippen LogP contribution is 2.26. The molecule has 1 rings (SSSR count). The highest BCUT2D eigenvalue weighted by molar-refractivity contribution is 5.89. The van der Waals surface area contributed by atoms with Gasteiger partial charge in [0.15, 0.2) is 0 Å². The zero-order valence-corrected chi connectivity index (χ0v) is 17.2. The average Bonchev–Trinajstić information content (AvgIpc) is 2.72. The lowest BCUT2D eigenvalue weighted by Gasteiger charge is -2.29. The molecule has 0 aromatic heterocycles. The molecule has 0 aromatic carbocycles. The number of hydrogen-bond donors (Lipinski definition) is 2. The van der Waals surface area contributed by atoms with E-state index in [9.17, 15) is 19.2 Å². The summed E-state index contributed by atoms with van der Waals surface area (Å²) in [6.45, 7) is 2.12. The number of unbranched alkanes of at least 4 members (excludes halogenated alkanes) is 1. The van der Waals surface area contributed by atoms with Gasteiger partial charge < -0.3 is 20.3 Å². The molecule has 0 heterocycles. The number of methoxy groups -OCH3 is 1. The van der Waals surface area contributed by atoms with Crippen molar-refractivity contribution in [2.24, 2.45) is 5.92 Å². The van der Waals surface area contributed by atoms with E-state index in [0.717, 1.165) is 32.1 Å². The van der Waals surface area contributed by atoms with Crippen LogP contribution in [-0.2, 0) is 23.9 Å². The van der Waals surface area contributed by atoms with Gasteiger partial charge in [-0.15, -0.1) is 0 Å². The number of rotatable bonds is 13. The summed E-state index contributed by atoms with van der Waals surface area (Å²) < 4.78 is 4.51. The van der Waals surface area contributed by atoms with Crippen LogP contribution in [0.25, 0.3) is 0 Å². The van der Waals surface area contributed by atoms with E-state index in [-0.39, 0.29) is 19.0 Å². The van der Waals surface area contributed by atoms with Gasteiger partial charge in [-0.1, -0.05) is 51.9 Å². The Labute approximate surface area is 167 Å². The maximum Gasteiger partial charge on any atom is 0.325 e. The van der Waals surface area contributed by atoms with E-state index in [0.29, 0.717) is 25.3 Å². The van der Waals surface area contributed by atoms with E-state index < -0.39 is 17.9 Å². The molecule has 3 amide bonds. The highest BCUT2D eigenvalue weighted by atomic mass is 16.5. The molecule has 2 N–H and O–H groups in total. The first-order chi connectivity index (χ1) is 13.5. The third kappa shape index (κ3) is 9.19. The van der Waals surface area contributed by atoms with E-state index >= 15 is 0 Å². The Morgan fingerprint density at radius 1 is 1.21 bits per heavy atom. The summed E-state index contributed by atoms with van der Waals surface area (Å²) in [6, 6.07) is -0.628. The van der Waals surface area contributed by atoms with Gasteiger partial charge in [0, 0.05) is 6.54 Å². The van der Waals surface area contributed by atoms with Gasteiger partial charge in [0.2, 0.25) is 18.2 Å². The molecule has 1 aliphatic rings. The first-order valence-corrected chi connectivity index (χ1v) is 10.3. The number of hydrogen-bond acceptors (Lipinski definition) is 5. The van der Waals surface area contributed by atoms with Crippen molar-refractivity contribution < 1.29 is 23.9 Å². The first-order valence-electron chi connectivity index (χ1n) is 10.3. The number of carbonyl (C=O) groups is 4. The van der Waals surface area contributed by atoms with Crippen LogP contribution in [0.3, 0.4) is 0 Å². The van der Waals surface area contributed by atoms with Crippen LogP contribution in [0.5, 0.6) is 0 Å². The third-order valence-electron chi connectivity index (χ3n) is 5.25. The average molecular weight is 398 g/mol. The summed E-state index contributed by atoms with van der Waals surface area (Å²) >= 11 is 0. The van der Waals surface area contributed by atoms with Gasteiger partial charge in [-0.3, -0.25) is 19.2 Å². The summed E-state index contributed by atoms with van der Waals surface area (Å²) in [5.74, 6) is -0.639. The molecule has 0 aliphatic heterocycles. The molecule has 8 heteroatoms. The van der Waals surface area contributed by atoms with Crippen molar-refractivity contribution in [2.75, 3.05) is 26.7 Å². The van der Waals surface area contributed by atoms with Crippen LogP contribution in [0.2, 0.25) is 0 Å². The summed E-state index contributed by atoms with van der Waals surface area (Å²) in [5, 5.41) is 5.06. The van der Waals surface area contributed by atoms with Crippen LogP contribution >= 0.6 is 0 Å². The molecule has 8 nitrogen and oxygen atoms in total. The molecule has 0 bridgehead atoms. The van der Waals surface area contributed by atoms with Gasteiger partial charge in [0.05, 0.1) is 13.7 Å². The molecule has 1 fully saturated rings. The minimum Gasteiger partial charge on any atom is -0.468 e. The normalized spacial score (nSPS) is 15.4. The van der Waals surface area contributed by atoms with Crippen molar-refractivity contribution in [3.8, 4) is 0 Å². The maximum atomic E-state index is 13.0. The third-order valence-corrected chi connectivity index (χ3v) is 5.25. The second-order valence-electron chi connectivity index (χ2n) is 7.38. The lowest BCUT2D eigenvalue weighted by Crippen LogP contribution is -2.50. The molecule has 0 aromatic rings. The molecule has 1 atom stereocenters. The van der Waals surface area contributed by atoms with E-state index in [2.05, 4.69) is 15.4 Å². The Bertz CT molecular complexity index is 506. The fourth-order valence-corrected chi connectivity index (χ4v) is 3.54. The zero-order chi connectivity index (χ0) is 20.8. The van der Waals surface area contributed by atoms with Gasteiger partial charge in [-0.2, -0.15) is 0 Å². The highest BCUT2D eigenvalue weighted by Gasteiger charge is 2.26. The fourth-order valence-electron chi connectivity index (χ4n) is 3.54. The van der Waals surface area contributed by atoms with Gasteiger partial charge in [-0.05, 0) is 18.8 Å². The van der Waals surface area contributed by atoms with E-state index in [1.807, 2.05) is 6.92 Å². The Balaban J connectivity index is 2.72. The quantitative estimate of drug-likeness (QED) is 0.361. The van der Waals surface area contributed by atoms with E-state index in [4.69, 9.17) is 0 Å². The van der Waals surface area contributed by atoms with Crippen molar-refractivity contribution >= 4 is 24.2 Å². The number of nitrogens with one attached hydrogen (secondary N) is 2. The lowest BCUT2D eigenvalue weighted by atomic mass is 9.87. The largest absolute Gasteiger partial charge is 0.468 e. The predicted molar refractivity (Wildman–Crippen MR) is 105 cm³/mol. The molecule has 1 unspecified atom stereocenters. The SMILES string of the molecule is CCCCC(NC=O)C(=O)N(CCC1CCCCC1)CC(=O)NCC(=O)OC. The van der Waals surface area contributed by atoms with Crippen molar-refractivity contribution in [3.05, 3.63) is 0 Å². The van der Waals surface area contributed by atoms with Crippen LogP contribution in [0.1, 0.15) is 64.7 Å². The fraction of sp³-hybridized carbons (Fsp3) is 0.800. The number of nitrogens with zero attached hydrogens (tertiary/aromatic N) is 1. The number of amides is 3. The molecule has 1 saturated carbocycles. The maximum absolute atomic E-state index is 13.0. The predicted octanol–water partition coefficient (Wildman–Crippen LogP) is 1.38. The van der Waals surface area contributed by atoms with Crippen LogP contribution in [0.4, 0.5) is 0 Å². The Morgan fingerprint density at radius 2 is 1.93 bits per heavy atom. The summed E-state index contributed by atoms with van der Waals surface area (Å²) in [7, 11) is 1.25. The van der Waals surface area contributed by atoms with E-state index in [1.165, 1.54) is 31.3 Å². The van der Waals surface area contributed by atoms with Crippen molar-refractivity contribution in [1.29, 1.82) is 0 Å². The molecule has 1 aliphatic carbocycles. The molecule has 0 radical (unpaired) electrons. The molecule has 0 saturated heterocycles. The Kier molecular flexibility index (Phi) is 11.9. The summed E-state index contributed by atoms with van der Waals surface area (Å²) in [5.41, 5.74) is 0. The second kappa shape index (κ2) is 14.0. The van der Waals surface area contributed by atoms with Crippen molar-refractivity contribution in [2.45, 2.75) is 70.8 Å². The van der Waals surface area contributed by atoms with Crippen LogP contribution in [0.15, 0.2) is 0 Å². The van der Waals surface area contributed by atoms with Crippen molar-refractivity contribution in [1.82, 2.24) is 15.5 Å². The van der Waals surface area contributed by atoms with Gasteiger partial charge in [0.25, 0.3) is 0 Å². The molecular weight excluding hydrogens is 362 g/mol. The number of esters is 1. The first kappa shape index (κ1) is 23.9. The lowest BCUT2D eigenvalue weighted by molar-refractivity contribution is -0.142. The standard InChI is InChI=1S/C20H35N3O5/c1-3-4-10-17(22-15-24)20(27)23(12-11-16-8-6-5-7-9-16)14-18(25)21-13-19(26)28-2/h15-17H,3-14H2,1-2H3,(H,21,25)(H,22,24). The minimum atomic E-state index is -0.628. The van der Waals surface area contributed by atoms with Gasteiger partial charge in [0.1, 0.15) is 12.6 Å². The van der Waals surface area contributed by atoms with Gasteiger partial charge >= 0.3 is 5.97 Å². The van der Waals surface area contributed by atoms with Gasteiger partial charge in [-0.25, -0.2) is 0 Å².